The molecule has 3 N–H and O–H groups in total. The van der Waals surface area contributed by atoms with Gasteiger partial charge in [0.05, 0.1) is 19.4 Å². The Morgan fingerprint density at radius 1 is 1.47 bits per heavy atom. The summed E-state index contributed by atoms with van der Waals surface area (Å²) in [5, 5.41) is 24.1. The summed E-state index contributed by atoms with van der Waals surface area (Å²) in [6.07, 6.45) is 1.43. The van der Waals surface area contributed by atoms with Gasteiger partial charge in [0.2, 0.25) is 0 Å². The average Bonchev–Trinajstić information content (AvgIpc) is 2.70. The molecule has 7 nitrogen and oxygen atoms in total. The first-order valence-corrected chi connectivity index (χ1v) is 5.10. The number of hydrogen-bond acceptors (Lipinski definition) is 6. The quantitative estimate of drug-likeness (QED) is 0.627. The van der Waals surface area contributed by atoms with Crippen LogP contribution in [0.15, 0.2) is 6.20 Å². The fraction of sp³-hybridized carbons (Fsp3) is 0.571. The van der Waals surface area contributed by atoms with Gasteiger partial charge in [-0.2, -0.15) is 0 Å². The molecule has 84 valence electrons. The normalized spacial score (nSPS) is 10.0. The summed E-state index contributed by atoms with van der Waals surface area (Å²) < 4.78 is 3.59. The van der Waals surface area contributed by atoms with E-state index in [0.717, 1.165) is 11.5 Å². The summed E-state index contributed by atoms with van der Waals surface area (Å²) in [6.45, 7) is 0.0694. The van der Waals surface area contributed by atoms with Crippen LogP contribution in [0.5, 0.6) is 0 Å². The molecule has 0 fully saturated rings. The van der Waals surface area contributed by atoms with Crippen LogP contribution in [0, 0.1) is 0 Å². The molecular weight excluding hydrogens is 220 g/mol. The number of amides is 2. The zero-order valence-corrected chi connectivity index (χ0v) is 8.77. The Hall–Kier alpha value is -1.25. The molecule has 0 radical (unpaired) electrons. The van der Waals surface area contributed by atoms with Crippen molar-refractivity contribution in [2.75, 3.05) is 31.6 Å². The lowest BCUT2D eigenvalue weighted by Gasteiger charge is -2.20. The van der Waals surface area contributed by atoms with Crippen LogP contribution >= 0.6 is 11.5 Å². The lowest BCUT2D eigenvalue weighted by molar-refractivity contribution is 0.168. The van der Waals surface area contributed by atoms with Gasteiger partial charge in [0.15, 0.2) is 0 Å². The third kappa shape index (κ3) is 3.78. The third-order valence-corrected chi connectivity index (χ3v) is 2.20. The first-order chi connectivity index (χ1) is 7.27. The van der Waals surface area contributed by atoms with Crippen LogP contribution in [0.3, 0.4) is 0 Å². The smallest absolute Gasteiger partial charge is 0.322 e. The Bertz CT molecular complexity index is 286. The molecule has 1 aromatic heterocycles. The third-order valence-electron chi connectivity index (χ3n) is 1.62. The molecule has 0 bridgehead atoms. The van der Waals surface area contributed by atoms with Crippen molar-refractivity contribution in [3.63, 3.8) is 0 Å². The molecule has 8 heteroatoms. The van der Waals surface area contributed by atoms with Crippen molar-refractivity contribution in [3.05, 3.63) is 6.20 Å². The standard InChI is InChI=1S/C7H12N4O3S/c12-3-1-11(2-4-13)7(14)9-6-5-8-10-15-6/h5,12-13H,1-4H2,(H,9,14). The van der Waals surface area contributed by atoms with Gasteiger partial charge in [-0.3, -0.25) is 5.32 Å². The fourth-order valence-corrected chi connectivity index (χ4v) is 1.37. The van der Waals surface area contributed by atoms with E-state index in [1.807, 2.05) is 0 Å². The van der Waals surface area contributed by atoms with E-state index in [-0.39, 0.29) is 32.3 Å². The summed E-state index contributed by atoms with van der Waals surface area (Å²) in [5.41, 5.74) is 0. The molecule has 15 heavy (non-hydrogen) atoms. The molecule has 0 aliphatic heterocycles. The van der Waals surface area contributed by atoms with Crippen LogP contribution in [-0.4, -0.2) is 57.0 Å². The molecule has 0 aliphatic carbocycles. The second kappa shape index (κ2) is 6.27. The minimum absolute atomic E-state index is 0.144. The largest absolute Gasteiger partial charge is 0.395 e. The Morgan fingerprint density at radius 2 is 2.13 bits per heavy atom. The van der Waals surface area contributed by atoms with Crippen LogP contribution in [-0.2, 0) is 0 Å². The van der Waals surface area contributed by atoms with Gasteiger partial charge in [0.1, 0.15) is 5.00 Å². The lowest BCUT2D eigenvalue weighted by atomic mass is 10.5. The number of anilines is 1. The SMILES string of the molecule is O=C(Nc1cnns1)N(CCO)CCO. The number of carbonyl (C=O) groups is 1. The predicted molar refractivity (Wildman–Crippen MR) is 54.7 cm³/mol. The number of aromatic nitrogens is 2. The Labute approximate surface area is 90.5 Å². The summed E-state index contributed by atoms with van der Waals surface area (Å²) >= 11 is 1.06. The maximum absolute atomic E-state index is 11.5. The molecule has 1 heterocycles. The van der Waals surface area contributed by atoms with E-state index in [1.165, 1.54) is 11.1 Å². The van der Waals surface area contributed by atoms with Gasteiger partial charge in [-0.1, -0.05) is 4.49 Å². The lowest BCUT2D eigenvalue weighted by Crippen LogP contribution is -2.38. The van der Waals surface area contributed by atoms with Gasteiger partial charge < -0.3 is 15.1 Å². The van der Waals surface area contributed by atoms with E-state index < -0.39 is 0 Å². The highest BCUT2D eigenvalue weighted by Crippen LogP contribution is 2.09. The van der Waals surface area contributed by atoms with Gasteiger partial charge in [-0.15, -0.1) is 5.10 Å². The van der Waals surface area contributed by atoms with E-state index in [4.69, 9.17) is 10.2 Å². The molecule has 1 aromatic rings. The van der Waals surface area contributed by atoms with Crippen LogP contribution in [0.1, 0.15) is 0 Å². The van der Waals surface area contributed by atoms with Gasteiger partial charge in [0.25, 0.3) is 0 Å². The van der Waals surface area contributed by atoms with E-state index in [1.54, 1.807) is 0 Å². The van der Waals surface area contributed by atoms with Crippen molar-refractivity contribution in [3.8, 4) is 0 Å². The molecular formula is C7H12N4O3S. The molecule has 0 aliphatic rings. The molecule has 0 unspecified atom stereocenters. The number of hydrogen-bond donors (Lipinski definition) is 3. The summed E-state index contributed by atoms with van der Waals surface area (Å²) in [6, 6.07) is -0.385. The second-order valence-electron chi connectivity index (χ2n) is 2.65. The zero-order chi connectivity index (χ0) is 11.1. The van der Waals surface area contributed by atoms with Crippen molar-refractivity contribution >= 4 is 22.6 Å². The number of nitrogens with one attached hydrogen (secondary N) is 1. The number of aliphatic hydroxyl groups excluding tert-OH is 2. The first kappa shape index (κ1) is 11.8. The maximum Gasteiger partial charge on any atom is 0.322 e. The minimum atomic E-state index is -0.385. The van der Waals surface area contributed by atoms with Crippen LogP contribution in [0.4, 0.5) is 9.80 Å². The fourth-order valence-electron chi connectivity index (χ4n) is 0.963. The number of rotatable bonds is 5. The van der Waals surface area contributed by atoms with Crippen LogP contribution in [0.25, 0.3) is 0 Å². The Kier molecular flexibility index (Phi) is 4.95. The summed E-state index contributed by atoms with van der Waals surface area (Å²) in [4.78, 5) is 12.8. The van der Waals surface area contributed by atoms with Gasteiger partial charge in [-0.05, 0) is 0 Å². The monoisotopic (exact) mass is 232 g/mol. The summed E-state index contributed by atoms with van der Waals surface area (Å²) in [5.74, 6) is 0. The molecule has 2 amide bonds. The molecule has 0 saturated carbocycles. The van der Waals surface area contributed by atoms with Gasteiger partial charge >= 0.3 is 6.03 Å². The van der Waals surface area contributed by atoms with Gasteiger partial charge in [-0.25, -0.2) is 4.79 Å². The highest BCUT2D eigenvalue weighted by molar-refractivity contribution is 7.10. The van der Waals surface area contributed by atoms with E-state index >= 15 is 0 Å². The van der Waals surface area contributed by atoms with Crippen LogP contribution in [0.2, 0.25) is 0 Å². The average molecular weight is 232 g/mol. The highest BCUT2D eigenvalue weighted by Gasteiger charge is 2.12. The molecule has 0 atom stereocenters. The number of urea groups is 1. The van der Waals surface area contributed by atoms with Crippen molar-refractivity contribution in [1.29, 1.82) is 0 Å². The second-order valence-corrected chi connectivity index (χ2v) is 3.43. The Balaban J connectivity index is 2.48. The first-order valence-electron chi connectivity index (χ1n) is 4.33. The summed E-state index contributed by atoms with van der Waals surface area (Å²) in [7, 11) is 0. The van der Waals surface area contributed by atoms with Crippen molar-refractivity contribution in [1.82, 2.24) is 14.5 Å². The highest BCUT2D eigenvalue weighted by atomic mass is 32.1. The Morgan fingerprint density at radius 3 is 2.60 bits per heavy atom. The molecule has 1 rings (SSSR count). The predicted octanol–water partition coefficient (Wildman–Crippen LogP) is -0.643. The minimum Gasteiger partial charge on any atom is -0.395 e. The maximum atomic E-state index is 11.5. The van der Waals surface area contributed by atoms with E-state index in [0.29, 0.717) is 5.00 Å². The van der Waals surface area contributed by atoms with Crippen molar-refractivity contribution < 1.29 is 15.0 Å². The number of carbonyl (C=O) groups excluding carboxylic acids is 1. The van der Waals surface area contributed by atoms with E-state index in [2.05, 4.69) is 14.9 Å². The topological polar surface area (TPSA) is 98.6 Å². The number of aliphatic hydroxyl groups is 2. The van der Waals surface area contributed by atoms with Crippen molar-refractivity contribution in [2.45, 2.75) is 0 Å². The molecule has 0 aromatic carbocycles. The molecule has 0 saturated heterocycles. The van der Waals surface area contributed by atoms with E-state index in [9.17, 15) is 4.79 Å². The molecule has 0 spiro atoms. The van der Waals surface area contributed by atoms with Gasteiger partial charge in [0, 0.05) is 24.6 Å². The van der Waals surface area contributed by atoms with Crippen LogP contribution < -0.4 is 5.32 Å². The zero-order valence-electron chi connectivity index (χ0n) is 7.96. The number of nitrogens with zero attached hydrogens (tertiary/aromatic N) is 3. The van der Waals surface area contributed by atoms with Crippen molar-refractivity contribution in [2.24, 2.45) is 0 Å².